The third-order valence-electron chi connectivity index (χ3n) is 1.91. The molecule has 0 bridgehead atoms. The van der Waals surface area contributed by atoms with Crippen molar-refractivity contribution in [2.24, 2.45) is 0 Å². The maximum absolute atomic E-state index is 10.5. The Balaban J connectivity index is 2.57. The van der Waals surface area contributed by atoms with Gasteiger partial charge in [0, 0.05) is 6.92 Å². The summed E-state index contributed by atoms with van der Waals surface area (Å²) >= 11 is 0. The Labute approximate surface area is 84.2 Å². The molecule has 0 aliphatic heterocycles. The van der Waals surface area contributed by atoms with Crippen molar-refractivity contribution in [3.05, 3.63) is 42.0 Å². The van der Waals surface area contributed by atoms with Crippen molar-refractivity contribution < 1.29 is 9.53 Å². The molecule has 0 unspecified atom stereocenters. The third-order valence-corrected chi connectivity index (χ3v) is 1.91. The maximum Gasteiger partial charge on any atom is 0.302 e. The highest BCUT2D eigenvalue weighted by Crippen LogP contribution is 2.11. The number of hydrogen-bond donors (Lipinski definition) is 0. The summed E-state index contributed by atoms with van der Waals surface area (Å²) in [7, 11) is 0. The Bertz CT molecular complexity index is 325. The molecule has 0 heterocycles. The Morgan fingerprint density at radius 3 is 2.50 bits per heavy atom. The van der Waals surface area contributed by atoms with Crippen molar-refractivity contribution in [3.8, 4) is 0 Å². The van der Waals surface area contributed by atoms with Crippen LogP contribution in [0, 0.1) is 0 Å². The van der Waals surface area contributed by atoms with Gasteiger partial charge in [0.25, 0.3) is 0 Å². The molecule has 0 amide bonds. The summed E-state index contributed by atoms with van der Waals surface area (Å²) in [6, 6.07) is 10.00. The van der Waals surface area contributed by atoms with Crippen molar-refractivity contribution in [3.63, 3.8) is 0 Å². The molecule has 0 spiro atoms. The SMILES string of the molecule is CC(=O)OC/C=C(/C)c1ccccc1. The smallest absolute Gasteiger partial charge is 0.302 e. The second kappa shape index (κ2) is 5.22. The predicted molar refractivity (Wildman–Crippen MR) is 56.7 cm³/mol. The van der Waals surface area contributed by atoms with E-state index in [9.17, 15) is 4.79 Å². The molecule has 74 valence electrons. The monoisotopic (exact) mass is 190 g/mol. The van der Waals surface area contributed by atoms with E-state index < -0.39 is 0 Å². The molecule has 0 saturated carbocycles. The molecule has 2 heteroatoms. The lowest BCUT2D eigenvalue weighted by Gasteiger charge is -2.01. The highest BCUT2D eigenvalue weighted by atomic mass is 16.5. The van der Waals surface area contributed by atoms with Gasteiger partial charge in [-0.3, -0.25) is 4.79 Å². The van der Waals surface area contributed by atoms with Crippen molar-refractivity contribution >= 4 is 11.5 Å². The molecule has 0 atom stereocenters. The first-order valence-electron chi connectivity index (χ1n) is 4.55. The van der Waals surface area contributed by atoms with Crippen LogP contribution in [0.25, 0.3) is 5.57 Å². The Morgan fingerprint density at radius 2 is 1.93 bits per heavy atom. The van der Waals surface area contributed by atoms with Gasteiger partial charge in [0.05, 0.1) is 0 Å². The largest absolute Gasteiger partial charge is 0.462 e. The number of hydrogen-bond acceptors (Lipinski definition) is 2. The topological polar surface area (TPSA) is 26.3 Å². The van der Waals surface area contributed by atoms with Crippen LogP contribution in [-0.4, -0.2) is 12.6 Å². The van der Waals surface area contributed by atoms with Crippen LogP contribution < -0.4 is 0 Å². The quantitative estimate of drug-likeness (QED) is 0.685. The standard InChI is InChI=1S/C12H14O2/c1-10(8-9-14-11(2)13)12-6-4-3-5-7-12/h3-8H,9H2,1-2H3/b10-8-. The van der Waals surface area contributed by atoms with E-state index in [2.05, 4.69) is 0 Å². The number of benzene rings is 1. The predicted octanol–water partition coefficient (Wildman–Crippen LogP) is 2.65. The average Bonchev–Trinajstić information content (AvgIpc) is 2.18. The summed E-state index contributed by atoms with van der Waals surface area (Å²) in [6.45, 7) is 3.75. The van der Waals surface area contributed by atoms with Gasteiger partial charge in [-0.25, -0.2) is 0 Å². The number of esters is 1. The second-order valence-electron chi connectivity index (χ2n) is 3.06. The van der Waals surface area contributed by atoms with Gasteiger partial charge in [0.1, 0.15) is 6.61 Å². The van der Waals surface area contributed by atoms with Gasteiger partial charge in [-0.15, -0.1) is 0 Å². The van der Waals surface area contributed by atoms with E-state index in [1.54, 1.807) is 0 Å². The van der Waals surface area contributed by atoms with E-state index in [0.29, 0.717) is 6.61 Å². The van der Waals surface area contributed by atoms with Crippen molar-refractivity contribution in [1.82, 2.24) is 0 Å². The molecule has 0 saturated heterocycles. The van der Waals surface area contributed by atoms with Crippen molar-refractivity contribution in [2.45, 2.75) is 13.8 Å². The molecule has 14 heavy (non-hydrogen) atoms. The molecule has 0 aliphatic rings. The van der Waals surface area contributed by atoms with Crippen LogP contribution in [0.15, 0.2) is 36.4 Å². The Hall–Kier alpha value is -1.57. The van der Waals surface area contributed by atoms with Gasteiger partial charge >= 0.3 is 5.97 Å². The normalized spacial score (nSPS) is 11.1. The van der Waals surface area contributed by atoms with E-state index in [1.165, 1.54) is 6.92 Å². The van der Waals surface area contributed by atoms with Crippen LogP contribution in [0.5, 0.6) is 0 Å². The summed E-state index contributed by atoms with van der Waals surface area (Å²) in [6.07, 6.45) is 1.90. The molecule has 0 aliphatic carbocycles. The lowest BCUT2D eigenvalue weighted by Crippen LogP contribution is -1.98. The molecule has 1 aromatic carbocycles. The molecule has 0 fully saturated rings. The molecule has 0 radical (unpaired) electrons. The van der Waals surface area contributed by atoms with Gasteiger partial charge in [-0.1, -0.05) is 30.3 Å². The van der Waals surface area contributed by atoms with Gasteiger partial charge in [0.15, 0.2) is 0 Å². The number of carbonyl (C=O) groups is 1. The minimum Gasteiger partial charge on any atom is -0.462 e. The van der Waals surface area contributed by atoms with E-state index in [0.717, 1.165) is 11.1 Å². The first kappa shape index (κ1) is 10.5. The van der Waals surface area contributed by atoms with E-state index in [1.807, 2.05) is 43.3 Å². The van der Waals surface area contributed by atoms with Crippen LogP contribution in [0.2, 0.25) is 0 Å². The fraction of sp³-hybridized carbons (Fsp3) is 0.250. The molecule has 1 rings (SSSR count). The van der Waals surface area contributed by atoms with Crippen LogP contribution in [0.3, 0.4) is 0 Å². The van der Waals surface area contributed by atoms with E-state index in [-0.39, 0.29) is 5.97 Å². The zero-order valence-electron chi connectivity index (χ0n) is 8.49. The first-order chi connectivity index (χ1) is 6.70. The van der Waals surface area contributed by atoms with Crippen LogP contribution in [0.1, 0.15) is 19.4 Å². The van der Waals surface area contributed by atoms with E-state index >= 15 is 0 Å². The Kier molecular flexibility index (Phi) is 3.92. The summed E-state index contributed by atoms with van der Waals surface area (Å²) in [5.41, 5.74) is 2.27. The molecule has 0 aromatic heterocycles. The summed E-state index contributed by atoms with van der Waals surface area (Å²) in [5.74, 6) is -0.248. The highest BCUT2D eigenvalue weighted by Gasteiger charge is 1.94. The summed E-state index contributed by atoms with van der Waals surface area (Å²) in [4.78, 5) is 10.5. The fourth-order valence-corrected chi connectivity index (χ4v) is 1.10. The van der Waals surface area contributed by atoms with Gasteiger partial charge in [-0.05, 0) is 24.1 Å². The van der Waals surface area contributed by atoms with Crippen molar-refractivity contribution in [1.29, 1.82) is 0 Å². The molecular weight excluding hydrogens is 176 g/mol. The number of allylic oxidation sites excluding steroid dienone is 1. The highest BCUT2D eigenvalue weighted by molar-refractivity contribution is 5.67. The number of carbonyl (C=O) groups excluding carboxylic acids is 1. The third kappa shape index (κ3) is 3.44. The van der Waals surface area contributed by atoms with Gasteiger partial charge < -0.3 is 4.74 Å². The van der Waals surface area contributed by atoms with Gasteiger partial charge in [0.2, 0.25) is 0 Å². The minimum absolute atomic E-state index is 0.248. The summed E-state index contributed by atoms with van der Waals surface area (Å²) < 4.78 is 4.82. The molecule has 1 aromatic rings. The molecule has 2 nitrogen and oxygen atoms in total. The lowest BCUT2D eigenvalue weighted by atomic mass is 10.1. The maximum atomic E-state index is 10.5. The second-order valence-corrected chi connectivity index (χ2v) is 3.06. The molecule has 0 N–H and O–H groups in total. The molecular formula is C12H14O2. The van der Waals surface area contributed by atoms with Crippen LogP contribution in [0.4, 0.5) is 0 Å². The first-order valence-corrected chi connectivity index (χ1v) is 4.55. The number of ether oxygens (including phenoxy) is 1. The summed E-state index contributed by atoms with van der Waals surface area (Å²) in [5, 5.41) is 0. The average molecular weight is 190 g/mol. The zero-order chi connectivity index (χ0) is 10.4. The van der Waals surface area contributed by atoms with Crippen molar-refractivity contribution in [2.75, 3.05) is 6.61 Å². The lowest BCUT2D eigenvalue weighted by molar-refractivity contribution is -0.139. The van der Waals surface area contributed by atoms with Crippen LogP contribution >= 0.6 is 0 Å². The van der Waals surface area contributed by atoms with Crippen LogP contribution in [-0.2, 0) is 9.53 Å². The fourth-order valence-electron chi connectivity index (χ4n) is 1.10. The van der Waals surface area contributed by atoms with E-state index in [4.69, 9.17) is 4.74 Å². The van der Waals surface area contributed by atoms with Gasteiger partial charge in [-0.2, -0.15) is 0 Å². The zero-order valence-corrected chi connectivity index (χ0v) is 8.49. The minimum atomic E-state index is -0.248. The number of rotatable bonds is 3. The Morgan fingerprint density at radius 1 is 1.29 bits per heavy atom.